The van der Waals surface area contributed by atoms with E-state index in [9.17, 15) is 0 Å². The molecular formula is C10H21NO. The predicted molar refractivity (Wildman–Crippen MR) is 51.1 cm³/mol. The Labute approximate surface area is 75.6 Å². The summed E-state index contributed by atoms with van der Waals surface area (Å²) in [6.07, 6.45) is 1.30. The molecule has 1 rings (SSSR count). The molecule has 0 aromatic heterocycles. The normalized spacial score (nSPS) is 26.0. The molecular weight excluding hydrogens is 150 g/mol. The van der Waals surface area contributed by atoms with E-state index in [0.717, 1.165) is 6.54 Å². The lowest BCUT2D eigenvalue weighted by atomic mass is 9.93. The molecule has 0 aromatic rings. The van der Waals surface area contributed by atoms with Crippen LogP contribution in [0.4, 0.5) is 0 Å². The molecule has 1 unspecified atom stereocenters. The summed E-state index contributed by atoms with van der Waals surface area (Å²) in [6.45, 7) is 10.5. The minimum Gasteiger partial charge on any atom is -0.396 e. The first-order chi connectivity index (χ1) is 5.53. The van der Waals surface area contributed by atoms with Gasteiger partial charge in [0.25, 0.3) is 0 Å². The van der Waals surface area contributed by atoms with Gasteiger partial charge in [0.1, 0.15) is 0 Å². The number of likely N-dealkylation sites (tertiary alicyclic amines) is 1. The zero-order chi connectivity index (χ0) is 9.19. The third kappa shape index (κ3) is 2.76. The van der Waals surface area contributed by atoms with Gasteiger partial charge in [0, 0.05) is 19.7 Å². The first kappa shape index (κ1) is 10.0. The minimum absolute atomic E-state index is 0.316. The van der Waals surface area contributed by atoms with E-state index in [-0.39, 0.29) is 0 Å². The second-order valence-electron chi connectivity index (χ2n) is 4.94. The monoisotopic (exact) mass is 171 g/mol. The average Bonchev–Trinajstić information content (AvgIpc) is 2.30. The molecule has 1 aliphatic rings. The number of hydrogen-bond acceptors (Lipinski definition) is 2. The zero-order valence-electron chi connectivity index (χ0n) is 8.51. The van der Waals surface area contributed by atoms with Crippen molar-refractivity contribution in [2.75, 3.05) is 26.2 Å². The average molecular weight is 171 g/mol. The van der Waals surface area contributed by atoms with Crippen LogP contribution in [0.25, 0.3) is 0 Å². The summed E-state index contributed by atoms with van der Waals surface area (Å²) in [5.41, 5.74) is 0.495. The van der Waals surface area contributed by atoms with Gasteiger partial charge in [-0.2, -0.15) is 0 Å². The van der Waals surface area contributed by atoms with Crippen LogP contribution in [0, 0.1) is 11.3 Å². The van der Waals surface area contributed by atoms with Crippen LogP contribution in [-0.2, 0) is 0 Å². The maximum atomic E-state index is 8.90. The number of rotatable bonds is 3. The van der Waals surface area contributed by atoms with Crippen LogP contribution >= 0.6 is 0 Å². The molecule has 1 heterocycles. The largest absolute Gasteiger partial charge is 0.396 e. The SMILES string of the molecule is CC(CO)CN1CCC(C)(C)C1. The summed E-state index contributed by atoms with van der Waals surface area (Å²) in [7, 11) is 0. The summed E-state index contributed by atoms with van der Waals surface area (Å²) in [4.78, 5) is 2.46. The highest BCUT2D eigenvalue weighted by atomic mass is 16.3. The summed E-state index contributed by atoms with van der Waals surface area (Å²) in [6, 6.07) is 0. The van der Waals surface area contributed by atoms with Gasteiger partial charge in [-0.05, 0) is 24.3 Å². The van der Waals surface area contributed by atoms with Crippen molar-refractivity contribution < 1.29 is 5.11 Å². The molecule has 2 heteroatoms. The fourth-order valence-electron chi connectivity index (χ4n) is 1.88. The molecule has 1 aliphatic heterocycles. The second-order valence-corrected chi connectivity index (χ2v) is 4.94. The lowest BCUT2D eigenvalue weighted by Crippen LogP contribution is -2.29. The van der Waals surface area contributed by atoms with Crippen molar-refractivity contribution in [3.63, 3.8) is 0 Å². The highest BCUT2D eigenvalue weighted by Crippen LogP contribution is 2.28. The summed E-state index contributed by atoms with van der Waals surface area (Å²) >= 11 is 0. The van der Waals surface area contributed by atoms with E-state index >= 15 is 0 Å². The zero-order valence-corrected chi connectivity index (χ0v) is 8.51. The standard InChI is InChI=1S/C10H21NO/c1-9(7-12)6-11-5-4-10(2,3)8-11/h9,12H,4-8H2,1-3H3. The summed E-state index contributed by atoms with van der Waals surface area (Å²) in [5.74, 6) is 0.430. The Balaban J connectivity index is 2.28. The molecule has 12 heavy (non-hydrogen) atoms. The van der Waals surface area contributed by atoms with Crippen molar-refractivity contribution in [3.8, 4) is 0 Å². The molecule has 0 bridgehead atoms. The van der Waals surface area contributed by atoms with Crippen molar-refractivity contribution >= 4 is 0 Å². The molecule has 0 spiro atoms. The highest BCUT2D eigenvalue weighted by Gasteiger charge is 2.29. The van der Waals surface area contributed by atoms with Crippen molar-refractivity contribution in [3.05, 3.63) is 0 Å². The Morgan fingerprint density at radius 2 is 2.17 bits per heavy atom. The third-order valence-electron chi connectivity index (χ3n) is 2.64. The van der Waals surface area contributed by atoms with Gasteiger partial charge in [-0.3, -0.25) is 0 Å². The van der Waals surface area contributed by atoms with Crippen molar-refractivity contribution in [1.29, 1.82) is 0 Å². The fourth-order valence-corrected chi connectivity index (χ4v) is 1.88. The van der Waals surface area contributed by atoms with E-state index < -0.39 is 0 Å². The van der Waals surface area contributed by atoms with Gasteiger partial charge < -0.3 is 10.0 Å². The van der Waals surface area contributed by atoms with E-state index in [1.807, 2.05) is 0 Å². The first-order valence-electron chi connectivity index (χ1n) is 4.87. The van der Waals surface area contributed by atoms with Crippen molar-refractivity contribution in [2.24, 2.45) is 11.3 Å². The Morgan fingerprint density at radius 1 is 1.50 bits per heavy atom. The van der Waals surface area contributed by atoms with Gasteiger partial charge in [0.05, 0.1) is 0 Å². The molecule has 0 aliphatic carbocycles. The van der Waals surface area contributed by atoms with Crippen LogP contribution in [0.1, 0.15) is 27.2 Å². The maximum absolute atomic E-state index is 8.90. The van der Waals surface area contributed by atoms with Crippen LogP contribution in [0.2, 0.25) is 0 Å². The quantitative estimate of drug-likeness (QED) is 0.693. The molecule has 1 fully saturated rings. The van der Waals surface area contributed by atoms with Crippen LogP contribution in [-0.4, -0.2) is 36.2 Å². The molecule has 1 atom stereocenters. The third-order valence-corrected chi connectivity index (χ3v) is 2.64. The smallest absolute Gasteiger partial charge is 0.0468 e. The molecule has 2 nitrogen and oxygen atoms in total. The van der Waals surface area contributed by atoms with Crippen LogP contribution in [0.5, 0.6) is 0 Å². The van der Waals surface area contributed by atoms with Gasteiger partial charge >= 0.3 is 0 Å². The number of nitrogens with zero attached hydrogens (tertiary/aromatic N) is 1. The number of aliphatic hydroxyl groups excluding tert-OH is 1. The van der Waals surface area contributed by atoms with E-state index in [2.05, 4.69) is 25.7 Å². The van der Waals surface area contributed by atoms with E-state index in [0.29, 0.717) is 17.9 Å². The first-order valence-corrected chi connectivity index (χ1v) is 4.87. The van der Waals surface area contributed by atoms with Crippen LogP contribution in [0.3, 0.4) is 0 Å². The van der Waals surface area contributed by atoms with E-state index in [1.165, 1.54) is 19.5 Å². The summed E-state index contributed by atoms with van der Waals surface area (Å²) in [5, 5.41) is 8.90. The van der Waals surface area contributed by atoms with Gasteiger partial charge in [-0.15, -0.1) is 0 Å². The Morgan fingerprint density at radius 3 is 2.58 bits per heavy atom. The number of hydrogen-bond donors (Lipinski definition) is 1. The molecule has 0 saturated carbocycles. The van der Waals surface area contributed by atoms with Crippen LogP contribution in [0.15, 0.2) is 0 Å². The van der Waals surface area contributed by atoms with Crippen LogP contribution < -0.4 is 0 Å². The van der Waals surface area contributed by atoms with Crippen molar-refractivity contribution in [2.45, 2.75) is 27.2 Å². The van der Waals surface area contributed by atoms with Gasteiger partial charge in [0.2, 0.25) is 0 Å². The van der Waals surface area contributed by atoms with E-state index in [4.69, 9.17) is 5.11 Å². The molecule has 1 N–H and O–H groups in total. The molecule has 0 radical (unpaired) electrons. The van der Waals surface area contributed by atoms with E-state index in [1.54, 1.807) is 0 Å². The maximum Gasteiger partial charge on any atom is 0.0468 e. The highest BCUT2D eigenvalue weighted by molar-refractivity contribution is 4.82. The van der Waals surface area contributed by atoms with Gasteiger partial charge in [0.15, 0.2) is 0 Å². The topological polar surface area (TPSA) is 23.5 Å². The number of aliphatic hydroxyl groups is 1. The molecule has 1 saturated heterocycles. The Bertz CT molecular complexity index is 145. The second kappa shape index (κ2) is 3.75. The molecule has 0 amide bonds. The van der Waals surface area contributed by atoms with Gasteiger partial charge in [-0.1, -0.05) is 20.8 Å². The van der Waals surface area contributed by atoms with Gasteiger partial charge in [-0.25, -0.2) is 0 Å². The Kier molecular flexibility index (Phi) is 3.13. The lowest BCUT2D eigenvalue weighted by Gasteiger charge is -2.21. The van der Waals surface area contributed by atoms with Crippen molar-refractivity contribution in [1.82, 2.24) is 4.90 Å². The fraction of sp³-hybridized carbons (Fsp3) is 1.00. The Hall–Kier alpha value is -0.0800. The summed E-state index contributed by atoms with van der Waals surface area (Å²) < 4.78 is 0. The lowest BCUT2D eigenvalue weighted by molar-refractivity contribution is 0.182. The predicted octanol–water partition coefficient (Wildman–Crippen LogP) is 1.35. The minimum atomic E-state index is 0.316. The molecule has 0 aromatic carbocycles. The molecule has 72 valence electrons.